The molecule has 1 aromatic carbocycles. The van der Waals surface area contributed by atoms with E-state index in [9.17, 15) is 9.59 Å². The summed E-state index contributed by atoms with van der Waals surface area (Å²) in [6.45, 7) is 6.19. The lowest BCUT2D eigenvalue weighted by atomic mass is 10.0. The molecule has 0 unspecified atom stereocenters. The molecule has 2 saturated heterocycles. The maximum atomic E-state index is 12.9. The van der Waals surface area contributed by atoms with Gasteiger partial charge >= 0.3 is 0 Å². The van der Waals surface area contributed by atoms with Gasteiger partial charge in [-0.15, -0.1) is 0 Å². The molecule has 0 aliphatic carbocycles. The number of aryl methyl sites for hydroxylation is 2. The van der Waals surface area contributed by atoms with Crippen molar-refractivity contribution in [3.8, 4) is 0 Å². The fourth-order valence-corrected chi connectivity index (χ4v) is 3.88. The molecule has 1 spiro atoms. The van der Waals surface area contributed by atoms with Crippen molar-refractivity contribution < 1.29 is 19.1 Å². The van der Waals surface area contributed by atoms with Crippen LogP contribution in [-0.2, 0) is 9.47 Å². The Morgan fingerprint density at radius 1 is 1.07 bits per heavy atom. The number of likely N-dealkylation sites (tertiary alicyclic amines) is 1. The molecular weight excluding hydrogens is 370 g/mol. The van der Waals surface area contributed by atoms with Crippen LogP contribution in [0.15, 0.2) is 36.5 Å². The number of amides is 2. The Labute approximate surface area is 170 Å². The Morgan fingerprint density at radius 3 is 2.38 bits per heavy atom. The van der Waals surface area contributed by atoms with Crippen LogP contribution in [0.3, 0.4) is 0 Å². The molecule has 7 nitrogen and oxygen atoms in total. The van der Waals surface area contributed by atoms with Crippen LogP contribution in [-0.4, -0.2) is 53.8 Å². The zero-order chi connectivity index (χ0) is 20.4. The second-order valence-corrected chi connectivity index (χ2v) is 7.55. The van der Waals surface area contributed by atoms with Crippen LogP contribution in [0.1, 0.15) is 44.8 Å². The molecule has 0 saturated carbocycles. The molecule has 2 fully saturated rings. The molecule has 3 heterocycles. The molecular formula is C22H25N3O4. The first kappa shape index (κ1) is 19.5. The van der Waals surface area contributed by atoms with E-state index >= 15 is 0 Å². The van der Waals surface area contributed by atoms with E-state index in [4.69, 9.17) is 9.47 Å². The van der Waals surface area contributed by atoms with Crippen molar-refractivity contribution in [2.24, 2.45) is 0 Å². The van der Waals surface area contributed by atoms with Gasteiger partial charge in [0.05, 0.1) is 13.2 Å². The third kappa shape index (κ3) is 4.02. The summed E-state index contributed by atoms with van der Waals surface area (Å²) in [4.78, 5) is 31.6. The van der Waals surface area contributed by atoms with Gasteiger partial charge in [-0.25, -0.2) is 0 Å². The number of aromatic nitrogens is 1. The number of rotatable bonds is 3. The first-order chi connectivity index (χ1) is 14.0. The fraction of sp³-hybridized carbons (Fsp3) is 0.409. The number of benzene rings is 1. The maximum absolute atomic E-state index is 12.9. The maximum Gasteiger partial charge on any atom is 0.272 e. The number of nitrogens with zero attached hydrogens (tertiary/aromatic N) is 2. The van der Waals surface area contributed by atoms with E-state index in [0.717, 1.165) is 16.8 Å². The number of hydrogen-bond acceptors (Lipinski definition) is 5. The highest BCUT2D eigenvalue weighted by molar-refractivity contribution is 6.06. The van der Waals surface area contributed by atoms with Gasteiger partial charge < -0.3 is 19.7 Å². The summed E-state index contributed by atoms with van der Waals surface area (Å²) in [5.74, 6) is -0.971. The van der Waals surface area contributed by atoms with Crippen LogP contribution in [0, 0.1) is 13.8 Å². The molecule has 152 valence electrons. The molecule has 2 aromatic rings. The second kappa shape index (κ2) is 7.93. The zero-order valence-corrected chi connectivity index (χ0v) is 16.7. The van der Waals surface area contributed by atoms with E-state index in [1.54, 1.807) is 17.0 Å². The summed E-state index contributed by atoms with van der Waals surface area (Å²) >= 11 is 0. The number of anilines is 1. The summed E-state index contributed by atoms with van der Waals surface area (Å²) in [6, 6.07) is 9.02. The molecule has 4 rings (SSSR count). The van der Waals surface area contributed by atoms with E-state index < -0.39 is 5.79 Å². The van der Waals surface area contributed by atoms with Gasteiger partial charge in [0.15, 0.2) is 5.79 Å². The lowest BCUT2D eigenvalue weighted by Gasteiger charge is -2.37. The largest absolute Gasteiger partial charge is 0.347 e. The van der Waals surface area contributed by atoms with Crippen molar-refractivity contribution in [1.29, 1.82) is 0 Å². The molecule has 1 N–H and O–H groups in total. The topological polar surface area (TPSA) is 80.8 Å². The highest BCUT2D eigenvalue weighted by Crippen LogP contribution is 2.31. The predicted molar refractivity (Wildman–Crippen MR) is 108 cm³/mol. The summed E-state index contributed by atoms with van der Waals surface area (Å²) in [6.07, 6.45) is 2.79. The summed E-state index contributed by atoms with van der Waals surface area (Å²) < 4.78 is 11.4. The standard InChI is InChI=1S/C22H25N3O4/c1-15-4-3-5-16(2)19(15)24-20(26)17-6-9-23-18(14-17)21(27)25-10-7-22(8-11-25)28-12-13-29-22/h3-6,9,14H,7-8,10-13H2,1-2H3,(H,24,26). The zero-order valence-electron chi connectivity index (χ0n) is 16.7. The Bertz CT molecular complexity index is 907. The molecule has 7 heteroatoms. The molecule has 2 aliphatic heterocycles. The van der Waals surface area contributed by atoms with Crippen LogP contribution in [0.25, 0.3) is 0 Å². The van der Waals surface area contributed by atoms with Crippen molar-refractivity contribution in [3.05, 3.63) is 58.9 Å². The summed E-state index contributed by atoms with van der Waals surface area (Å²) in [7, 11) is 0. The minimum absolute atomic E-state index is 0.181. The minimum Gasteiger partial charge on any atom is -0.347 e. The van der Waals surface area contributed by atoms with Crippen LogP contribution in [0.5, 0.6) is 0 Å². The van der Waals surface area contributed by atoms with Gasteiger partial charge in [-0.05, 0) is 37.1 Å². The Kier molecular flexibility index (Phi) is 5.34. The number of carbonyl (C=O) groups is 2. The second-order valence-electron chi connectivity index (χ2n) is 7.55. The summed E-state index contributed by atoms with van der Waals surface area (Å²) in [5, 5.41) is 2.95. The van der Waals surface area contributed by atoms with Gasteiger partial charge in [0.1, 0.15) is 5.69 Å². The summed E-state index contributed by atoms with van der Waals surface area (Å²) in [5.41, 5.74) is 3.44. The smallest absolute Gasteiger partial charge is 0.272 e. The van der Waals surface area contributed by atoms with Crippen LogP contribution in [0.4, 0.5) is 5.69 Å². The van der Waals surface area contributed by atoms with E-state index in [1.807, 2.05) is 32.0 Å². The van der Waals surface area contributed by atoms with Gasteiger partial charge in [0.2, 0.25) is 0 Å². The number of pyridine rings is 1. The average molecular weight is 395 g/mol. The predicted octanol–water partition coefficient (Wildman–Crippen LogP) is 2.93. The molecule has 0 atom stereocenters. The third-order valence-electron chi connectivity index (χ3n) is 5.59. The van der Waals surface area contributed by atoms with E-state index in [1.165, 1.54) is 6.20 Å². The minimum atomic E-state index is -0.530. The SMILES string of the molecule is Cc1cccc(C)c1NC(=O)c1ccnc(C(=O)N2CCC3(CC2)OCCO3)c1. The third-order valence-corrected chi connectivity index (χ3v) is 5.59. The number of piperidine rings is 1. The number of carbonyl (C=O) groups excluding carboxylic acids is 2. The van der Waals surface area contributed by atoms with E-state index in [2.05, 4.69) is 10.3 Å². The molecule has 2 amide bonds. The Hall–Kier alpha value is -2.77. The van der Waals surface area contributed by atoms with Gasteiger partial charge in [-0.3, -0.25) is 14.6 Å². The molecule has 1 aromatic heterocycles. The first-order valence-corrected chi connectivity index (χ1v) is 9.88. The lowest BCUT2D eigenvalue weighted by Crippen LogP contribution is -2.47. The number of para-hydroxylation sites is 1. The van der Waals surface area contributed by atoms with Crippen LogP contribution in [0.2, 0.25) is 0 Å². The Morgan fingerprint density at radius 2 is 1.72 bits per heavy atom. The lowest BCUT2D eigenvalue weighted by molar-refractivity contribution is -0.181. The van der Waals surface area contributed by atoms with Gasteiger partial charge in [-0.2, -0.15) is 0 Å². The Balaban J connectivity index is 1.45. The van der Waals surface area contributed by atoms with Crippen molar-refractivity contribution in [1.82, 2.24) is 9.88 Å². The number of nitrogens with one attached hydrogen (secondary N) is 1. The van der Waals surface area contributed by atoms with Crippen molar-refractivity contribution in [2.75, 3.05) is 31.6 Å². The quantitative estimate of drug-likeness (QED) is 0.864. The average Bonchev–Trinajstić information content (AvgIpc) is 3.19. The molecule has 29 heavy (non-hydrogen) atoms. The normalized spacial score (nSPS) is 18.1. The van der Waals surface area contributed by atoms with Gasteiger partial charge in [-0.1, -0.05) is 18.2 Å². The van der Waals surface area contributed by atoms with Crippen molar-refractivity contribution in [2.45, 2.75) is 32.5 Å². The van der Waals surface area contributed by atoms with E-state index in [-0.39, 0.29) is 17.5 Å². The first-order valence-electron chi connectivity index (χ1n) is 9.88. The molecule has 0 radical (unpaired) electrons. The highest BCUT2D eigenvalue weighted by Gasteiger charge is 2.41. The molecule has 2 aliphatic rings. The highest BCUT2D eigenvalue weighted by atomic mass is 16.7. The van der Waals surface area contributed by atoms with Crippen LogP contribution < -0.4 is 5.32 Å². The van der Waals surface area contributed by atoms with Gasteiger partial charge in [0.25, 0.3) is 11.8 Å². The van der Waals surface area contributed by atoms with Crippen LogP contribution >= 0.6 is 0 Å². The van der Waals surface area contributed by atoms with Gasteiger partial charge in [0, 0.05) is 43.4 Å². The molecule has 0 bridgehead atoms. The van der Waals surface area contributed by atoms with Crippen molar-refractivity contribution in [3.63, 3.8) is 0 Å². The fourth-order valence-electron chi connectivity index (χ4n) is 3.88. The number of hydrogen-bond donors (Lipinski definition) is 1. The monoisotopic (exact) mass is 395 g/mol. The number of ether oxygens (including phenoxy) is 2. The van der Waals surface area contributed by atoms with Crippen molar-refractivity contribution >= 4 is 17.5 Å². The van der Waals surface area contributed by atoms with E-state index in [0.29, 0.717) is 44.7 Å².